The van der Waals surface area contributed by atoms with Gasteiger partial charge in [-0.3, -0.25) is 4.79 Å². The molecule has 0 aromatic heterocycles. The molecule has 0 bridgehead atoms. The van der Waals surface area contributed by atoms with E-state index in [0.29, 0.717) is 12.8 Å². The molecule has 0 heterocycles. The van der Waals surface area contributed by atoms with Crippen LogP contribution >= 0.6 is 0 Å². The van der Waals surface area contributed by atoms with Crippen LogP contribution in [0.2, 0.25) is 0 Å². The molecule has 0 fully saturated rings. The zero-order chi connectivity index (χ0) is 13.9. The van der Waals surface area contributed by atoms with Crippen molar-refractivity contribution >= 4 is 5.91 Å². The molecule has 0 aliphatic rings. The van der Waals surface area contributed by atoms with Gasteiger partial charge in [-0.15, -0.1) is 0 Å². The van der Waals surface area contributed by atoms with Crippen LogP contribution in [0.25, 0.3) is 0 Å². The van der Waals surface area contributed by atoms with Crippen molar-refractivity contribution in [2.24, 2.45) is 5.73 Å². The monoisotopic (exact) mass is 254 g/mol. The highest BCUT2D eigenvalue weighted by molar-refractivity contribution is 5.86. The third-order valence-corrected chi connectivity index (χ3v) is 2.92. The molecule has 3 nitrogen and oxygen atoms in total. The Labute approximate surface area is 100 Å². The van der Waals surface area contributed by atoms with E-state index >= 15 is 0 Å². The van der Waals surface area contributed by atoms with Crippen molar-refractivity contribution in [1.29, 1.82) is 0 Å². The summed E-state index contributed by atoms with van der Waals surface area (Å²) in [4.78, 5) is 12.8. The highest BCUT2D eigenvalue weighted by Gasteiger charge is 2.40. The summed E-state index contributed by atoms with van der Waals surface area (Å²) in [5.41, 5.74) is 4.64. The number of carbonyl (C=O) groups excluding carboxylic acids is 1. The molecule has 0 rings (SSSR count). The van der Waals surface area contributed by atoms with Crippen LogP contribution in [0.4, 0.5) is 13.2 Å². The summed E-state index contributed by atoms with van der Waals surface area (Å²) in [6.07, 6.45) is -3.75. The molecular weight excluding hydrogens is 233 g/mol. The fraction of sp³-hybridized carbons (Fsp3) is 0.909. The standard InChI is InChI=1S/C11H21F3N2O/c1-5-10(15,6-2)9(17)16(8(3)4)7-11(12,13)14/h8H,5-7,15H2,1-4H3. The summed E-state index contributed by atoms with van der Waals surface area (Å²) >= 11 is 0. The zero-order valence-corrected chi connectivity index (χ0v) is 10.8. The quantitative estimate of drug-likeness (QED) is 0.818. The summed E-state index contributed by atoms with van der Waals surface area (Å²) < 4.78 is 37.2. The van der Waals surface area contributed by atoms with Crippen LogP contribution in [-0.2, 0) is 4.79 Å². The van der Waals surface area contributed by atoms with E-state index in [9.17, 15) is 18.0 Å². The second kappa shape index (κ2) is 5.71. The first-order valence-corrected chi connectivity index (χ1v) is 5.74. The van der Waals surface area contributed by atoms with Gasteiger partial charge in [-0.1, -0.05) is 13.8 Å². The van der Waals surface area contributed by atoms with Crippen LogP contribution in [0.3, 0.4) is 0 Å². The fourth-order valence-electron chi connectivity index (χ4n) is 1.52. The van der Waals surface area contributed by atoms with E-state index in [1.807, 2.05) is 0 Å². The first-order valence-electron chi connectivity index (χ1n) is 5.74. The molecule has 0 aliphatic carbocycles. The van der Waals surface area contributed by atoms with Gasteiger partial charge < -0.3 is 10.6 Å². The van der Waals surface area contributed by atoms with Crippen LogP contribution in [0.5, 0.6) is 0 Å². The van der Waals surface area contributed by atoms with Gasteiger partial charge in [0.15, 0.2) is 0 Å². The number of carbonyl (C=O) groups is 1. The van der Waals surface area contributed by atoms with E-state index in [1.165, 1.54) is 0 Å². The van der Waals surface area contributed by atoms with Crippen molar-refractivity contribution in [3.05, 3.63) is 0 Å². The molecule has 102 valence electrons. The summed E-state index contributed by atoms with van der Waals surface area (Å²) in [5.74, 6) is -0.630. The minimum atomic E-state index is -4.40. The minimum Gasteiger partial charge on any atom is -0.330 e. The lowest BCUT2D eigenvalue weighted by atomic mass is 9.92. The van der Waals surface area contributed by atoms with Crippen molar-refractivity contribution in [1.82, 2.24) is 4.90 Å². The van der Waals surface area contributed by atoms with E-state index < -0.39 is 30.2 Å². The Morgan fingerprint density at radius 3 is 1.88 bits per heavy atom. The van der Waals surface area contributed by atoms with Gasteiger partial charge >= 0.3 is 6.18 Å². The minimum absolute atomic E-state index is 0.323. The second-order valence-electron chi connectivity index (χ2n) is 4.51. The van der Waals surface area contributed by atoms with Gasteiger partial charge in [-0.2, -0.15) is 13.2 Å². The van der Waals surface area contributed by atoms with Crippen LogP contribution in [0.15, 0.2) is 0 Å². The molecule has 0 radical (unpaired) electrons. The number of amides is 1. The highest BCUT2D eigenvalue weighted by Crippen LogP contribution is 2.22. The van der Waals surface area contributed by atoms with Gasteiger partial charge in [0.1, 0.15) is 6.54 Å². The van der Waals surface area contributed by atoms with Gasteiger partial charge in [-0.05, 0) is 26.7 Å². The van der Waals surface area contributed by atoms with Crippen molar-refractivity contribution in [3.63, 3.8) is 0 Å². The second-order valence-corrected chi connectivity index (χ2v) is 4.51. The lowest BCUT2D eigenvalue weighted by molar-refractivity contribution is -0.168. The molecular formula is C11H21F3N2O. The molecule has 6 heteroatoms. The van der Waals surface area contributed by atoms with Crippen LogP contribution < -0.4 is 5.73 Å². The molecule has 0 saturated heterocycles. The number of nitrogens with zero attached hydrogens (tertiary/aromatic N) is 1. The van der Waals surface area contributed by atoms with Crippen molar-refractivity contribution in [2.75, 3.05) is 6.54 Å². The van der Waals surface area contributed by atoms with Gasteiger partial charge in [0.2, 0.25) is 5.91 Å². The van der Waals surface area contributed by atoms with Gasteiger partial charge in [0.05, 0.1) is 5.54 Å². The molecule has 0 atom stereocenters. The summed E-state index contributed by atoms with van der Waals surface area (Å²) in [6, 6.07) is -0.523. The third kappa shape index (κ3) is 4.53. The molecule has 0 aliphatic heterocycles. The zero-order valence-electron chi connectivity index (χ0n) is 10.8. The largest absolute Gasteiger partial charge is 0.406 e. The van der Waals surface area contributed by atoms with E-state index in [2.05, 4.69) is 0 Å². The van der Waals surface area contributed by atoms with Crippen molar-refractivity contribution in [3.8, 4) is 0 Å². The topological polar surface area (TPSA) is 46.3 Å². The first kappa shape index (κ1) is 16.2. The number of halogens is 3. The van der Waals surface area contributed by atoms with Crippen molar-refractivity contribution < 1.29 is 18.0 Å². The molecule has 2 N–H and O–H groups in total. The molecule has 0 aromatic carbocycles. The number of hydrogen-bond acceptors (Lipinski definition) is 2. The SMILES string of the molecule is CCC(N)(CC)C(=O)N(CC(F)(F)F)C(C)C. The average molecular weight is 254 g/mol. The van der Waals surface area contributed by atoms with Crippen LogP contribution in [0, 0.1) is 0 Å². The van der Waals surface area contributed by atoms with Crippen LogP contribution in [-0.4, -0.2) is 35.1 Å². The predicted molar refractivity (Wildman–Crippen MR) is 60.4 cm³/mol. The number of nitrogens with two attached hydrogens (primary N) is 1. The average Bonchev–Trinajstić information content (AvgIpc) is 2.22. The van der Waals surface area contributed by atoms with E-state index in [0.717, 1.165) is 4.90 Å². The molecule has 0 spiro atoms. The number of alkyl halides is 3. The number of rotatable bonds is 5. The van der Waals surface area contributed by atoms with Crippen LogP contribution in [0.1, 0.15) is 40.5 Å². The van der Waals surface area contributed by atoms with E-state index in [-0.39, 0.29) is 0 Å². The molecule has 0 aromatic rings. The summed E-state index contributed by atoms with van der Waals surface area (Å²) in [5, 5.41) is 0. The highest BCUT2D eigenvalue weighted by atomic mass is 19.4. The van der Waals surface area contributed by atoms with E-state index in [4.69, 9.17) is 5.73 Å². The molecule has 0 saturated carbocycles. The maximum Gasteiger partial charge on any atom is 0.406 e. The lowest BCUT2D eigenvalue weighted by Crippen LogP contribution is -2.58. The Morgan fingerprint density at radius 2 is 1.65 bits per heavy atom. The fourth-order valence-corrected chi connectivity index (χ4v) is 1.52. The predicted octanol–water partition coefficient (Wildman–Crippen LogP) is 2.30. The third-order valence-electron chi connectivity index (χ3n) is 2.92. The summed E-state index contributed by atoms with van der Waals surface area (Å²) in [7, 11) is 0. The van der Waals surface area contributed by atoms with Crippen molar-refractivity contribution in [2.45, 2.75) is 58.3 Å². The Bertz CT molecular complexity index is 260. The van der Waals surface area contributed by atoms with Gasteiger partial charge in [0.25, 0.3) is 0 Å². The Morgan fingerprint density at radius 1 is 1.24 bits per heavy atom. The molecule has 1 amide bonds. The lowest BCUT2D eigenvalue weighted by Gasteiger charge is -2.36. The van der Waals surface area contributed by atoms with Gasteiger partial charge in [0, 0.05) is 6.04 Å². The molecule has 17 heavy (non-hydrogen) atoms. The van der Waals surface area contributed by atoms with Gasteiger partial charge in [-0.25, -0.2) is 0 Å². The Hall–Kier alpha value is -0.780. The molecule has 0 unspecified atom stereocenters. The Kier molecular flexibility index (Phi) is 5.45. The number of hydrogen-bond donors (Lipinski definition) is 1. The maximum atomic E-state index is 12.4. The smallest absolute Gasteiger partial charge is 0.330 e. The first-order chi connectivity index (χ1) is 7.57. The maximum absolute atomic E-state index is 12.4. The van der Waals surface area contributed by atoms with E-state index in [1.54, 1.807) is 27.7 Å². The summed E-state index contributed by atoms with van der Waals surface area (Å²) in [6.45, 7) is 5.26. The Balaban J connectivity index is 5.02. The normalized spacial score (nSPS) is 13.0.